The first-order chi connectivity index (χ1) is 13.8. The molecule has 2 aliphatic rings. The highest BCUT2D eigenvalue weighted by atomic mass is 32.1. The van der Waals surface area contributed by atoms with E-state index in [0.29, 0.717) is 21.5 Å². The van der Waals surface area contributed by atoms with Crippen molar-refractivity contribution in [1.82, 2.24) is 25.2 Å². The van der Waals surface area contributed by atoms with Gasteiger partial charge in [-0.1, -0.05) is 42.4 Å². The molecule has 1 N–H and O–H groups in total. The van der Waals surface area contributed by atoms with Crippen LogP contribution in [-0.4, -0.2) is 36.4 Å². The maximum atomic E-state index is 10.5. The predicted molar refractivity (Wildman–Crippen MR) is 110 cm³/mol. The summed E-state index contributed by atoms with van der Waals surface area (Å²) in [6, 6.07) is 5.28. The molecule has 1 saturated carbocycles. The molecular formula is C21H23N5O2S. The zero-order chi connectivity index (χ0) is 20.2. The van der Waals surface area contributed by atoms with Gasteiger partial charge in [-0.2, -0.15) is 15.0 Å². The van der Waals surface area contributed by atoms with Crippen LogP contribution < -0.4 is 4.74 Å². The van der Waals surface area contributed by atoms with E-state index in [1.54, 1.807) is 18.3 Å². The van der Waals surface area contributed by atoms with E-state index in [2.05, 4.69) is 46.4 Å². The van der Waals surface area contributed by atoms with Crippen LogP contribution >= 0.6 is 11.3 Å². The molecule has 2 heterocycles. The third-order valence-corrected chi connectivity index (χ3v) is 6.65. The predicted octanol–water partition coefficient (Wildman–Crippen LogP) is 4.31. The van der Waals surface area contributed by atoms with Crippen LogP contribution in [0.4, 0.5) is 0 Å². The lowest BCUT2D eigenvalue weighted by Crippen LogP contribution is -2.36. The summed E-state index contributed by atoms with van der Waals surface area (Å²) < 4.78 is 6.20. The molecule has 150 valence electrons. The van der Waals surface area contributed by atoms with Crippen LogP contribution in [0.2, 0.25) is 0 Å². The zero-order valence-electron chi connectivity index (χ0n) is 16.7. The van der Waals surface area contributed by atoms with Crippen molar-refractivity contribution >= 4 is 11.3 Å². The monoisotopic (exact) mass is 409 g/mol. The standard InChI is InChI=1S/C21H23N5O2S/c1-13-11-22-26(25-13)14-4-5-16(17(27)8-14)18-23-24-19(29-18)28-15-9-20(2)6-7-21(3,10-15)12-20/h4-8,11,15,27H,9-10,12H2,1-3H3/t15-,20-,21+. The number of aromatic nitrogens is 5. The Balaban J connectivity index is 1.34. The molecule has 29 heavy (non-hydrogen) atoms. The second-order valence-electron chi connectivity index (χ2n) is 8.82. The SMILES string of the molecule is Cc1cnn(-c2ccc(-c3nnc(O[C@H]4C[C@]5(C)C=C[C@](C)(C4)C5)s3)c(O)c2)n1. The summed E-state index contributed by atoms with van der Waals surface area (Å²) in [6.45, 7) is 6.46. The molecule has 1 fully saturated rings. The van der Waals surface area contributed by atoms with E-state index >= 15 is 0 Å². The van der Waals surface area contributed by atoms with E-state index < -0.39 is 0 Å². The van der Waals surface area contributed by atoms with Gasteiger partial charge in [0.25, 0.3) is 5.19 Å². The van der Waals surface area contributed by atoms with E-state index in [4.69, 9.17) is 4.74 Å². The van der Waals surface area contributed by atoms with Gasteiger partial charge in [-0.3, -0.25) is 0 Å². The average molecular weight is 410 g/mol. The summed E-state index contributed by atoms with van der Waals surface area (Å²) >= 11 is 1.36. The van der Waals surface area contributed by atoms with E-state index in [1.807, 2.05) is 13.0 Å². The second-order valence-corrected chi connectivity index (χ2v) is 9.76. The molecule has 0 radical (unpaired) electrons. The highest BCUT2D eigenvalue weighted by Crippen LogP contribution is 2.54. The van der Waals surface area contributed by atoms with Crippen molar-refractivity contribution in [1.29, 1.82) is 0 Å². The third kappa shape index (κ3) is 3.42. The maximum absolute atomic E-state index is 10.5. The molecular weight excluding hydrogens is 386 g/mol. The van der Waals surface area contributed by atoms with Crippen LogP contribution in [0.1, 0.15) is 38.8 Å². The van der Waals surface area contributed by atoms with Crippen molar-refractivity contribution in [3.63, 3.8) is 0 Å². The van der Waals surface area contributed by atoms with Gasteiger partial charge in [0.05, 0.1) is 23.1 Å². The molecule has 0 unspecified atom stereocenters. The van der Waals surface area contributed by atoms with Gasteiger partial charge < -0.3 is 9.84 Å². The highest BCUT2D eigenvalue weighted by molar-refractivity contribution is 7.16. The maximum Gasteiger partial charge on any atom is 0.294 e. The summed E-state index contributed by atoms with van der Waals surface area (Å²) in [4.78, 5) is 1.49. The van der Waals surface area contributed by atoms with Gasteiger partial charge in [-0.25, -0.2) is 0 Å². The Morgan fingerprint density at radius 1 is 1.17 bits per heavy atom. The quantitative estimate of drug-likeness (QED) is 0.646. The molecule has 3 aromatic rings. The zero-order valence-corrected chi connectivity index (χ0v) is 17.5. The molecule has 0 spiro atoms. The molecule has 0 aliphatic heterocycles. The minimum Gasteiger partial charge on any atom is -0.507 e. The molecule has 8 heteroatoms. The molecule has 2 aromatic heterocycles. The summed E-state index contributed by atoms with van der Waals surface area (Å²) in [5.74, 6) is 0.111. The number of hydrogen-bond acceptors (Lipinski definition) is 7. The molecule has 2 bridgehead atoms. The van der Waals surface area contributed by atoms with E-state index in [1.165, 1.54) is 22.6 Å². The lowest BCUT2D eigenvalue weighted by molar-refractivity contribution is 0.0544. The van der Waals surface area contributed by atoms with Crippen LogP contribution in [0.3, 0.4) is 0 Å². The number of nitrogens with zero attached hydrogens (tertiary/aromatic N) is 5. The topological polar surface area (TPSA) is 86.0 Å². The molecule has 1 aromatic carbocycles. The Bertz CT molecular complexity index is 1090. The highest BCUT2D eigenvalue weighted by Gasteiger charge is 2.46. The number of fused-ring (bicyclic) bond motifs is 2. The van der Waals surface area contributed by atoms with Crippen molar-refractivity contribution in [3.8, 4) is 27.2 Å². The molecule has 0 amide bonds. The fourth-order valence-electron chi connectivity index (χ4n) is 4.72. The number of phenols is 1. The summed E-state index contributed by atoms with van der Waals surface area (Å²) in [6.07, 6.45) is 9.66. The van der Waals surface area contributed by atoms with E-state index in [0.717, 1.165) is 18.5 Å². The first-order valence-corrected chi connectivity index (χ1v) is 10.6. The van der Waals surface area contributed by atoms with E-state index in [9.17, 15) is 5.11 Å². The number of rotatable bonds is 4. The van der Waals surface area contributed by atoms with Crippen LogP contribution in [0.15, 0.2) is 36.5 Å². The lowest BCUT2D eigenvalue weighted by atomic mass is 9.68. The average Bonchev–Trinajstić information content (AvgIpc) is 3.33. The van der Waals surface area contributed by atoms with Crippen molar-refractivity contribution in [2.45, 2.75) is 46.1 Å². The Hall–Kier alpha value is -2.74. The number of aromatic hydroxyl groups is 1. The molecule has 3 atom stereocenters. The van der Waals surface area contributed by atoms with Gasteiger partial charge in [0.1, 0.15) is 11.9 Å². The molecule has 7 nitrogen and oxygen atoms in total. The van der Waals surface area contributed by atoms with Crippen LogP contribution in [0.5, 0.6) is 10.9 Å². The van der Waals surface area contributed by atoms with Crippen LogP contribution in [0.25, 0.3) is 16.3 Å². The van der Waals surface area contributed by atoms with Crippen molar-refractivity contribution in [2.24, 2.45) is 10.8 Å². The number of ether oxygens (including phenoxy) is 1. The number of phenolic OH excluding ortho intramolecular Hbond substituents is 1. The van der Waals surface area contributed by atoms with Crippen LogP contribution in [0, 0.1) is 17.8 Å². The fraction of sp³-hybridized carbons (Fsp3) is 0.429. The first-order valence-electron chi connectivity index (χ1n) is 9.74. The lowest BCUT2D eigenvalue weighted by Gasteiger charge is -2.39. The Labute approximate surface area is 173 Å². The van der Waals surface area contributed by atoms with Gasteiger partial charge in [-0.15, -0.1) is 5.10 Å². The molecule has 2 aliphatic carbocycles. The fourth-order valence-corrected chi connectivity index (χ4v) is 5.51. The summed E-state index contributed by atoms with van der Waals surface area (Å²) in [7, 11) is 0. The minimum absolute atomic E-state index is 0.111. The number of allylic oxidation sites excluding steroid dienone is 2. The van der Waals surface area contributed by atoms with Gasteiger partial charge in [-0.05, 0) is 49.1 Å². The van der Waals surface area contributed by atoms with Gasteiger partial charge in [0, 0.05) is 6.07 Å². The number of benzene rings is 1. The Morgan fingerprint density at radius 3 is 2.59 bits per heavy atom. The first kappa shape index (κ1) is 18.3. The van der Waals surface area contributed by atoms with Crippen molar-refractivity contribution in [2.75, 3.05) is 0 Å². The third-order valence-electron chi connectivity index (χ3n) is 5.81. The summed E-state index contributed by atoms with van der Waals surface area (Å²) in [5.41, 5.74) is 2.53. The summed E-state index contributed by atoms with van der Waals surface area (Å²) in [5, 5.41) is 28.6. The van der Waals surface area contributed by atoms with Gasteiger partial charge in [0.15, 0.2) is 5.01 Å². The molecule has 5 rings (SSSR count). The van der Waals surface area contributed by atoms with Gasteiger partial charge >= 0.3 is 0 Å². The minimum atomic E-state index is 0.111. The van der Waals surface area contributed by atoms with Crippen LogP contribution in [-0.2, 0) is 0 Å². The number of hydrogen-bond donors (Lipinski definition) is 1. The Morgan fingerprint density at radius 2 is 1.93 bits per heavy atom. The molecule has 0 saturated heterocycles. The Kier molecular flexibility index (Phi) is 4.03. The normalized spacial score (nSPS) is 28.0. The number of aryl methyl sites for hydroxylation is 1. The largest absolute Gasteiger partial charge is 0.507 e. The second kappa shape index (κ2) is 6.38. The van der Waals surface area contributed by atoms with E-state index in [-0.39, 0.29) is 22.7 Å². The van der Waals surface area contributed by atoms with Crippen molar-refractivity contribution < 1.29 is 9.84 Å². The van der Waals surface area contributed by atoms with Gasteiger partial charge in [0.2, 0.25) is 0 Å². The smallest absolute Gasteiger partial charge is 0.294 e. The van der Waals surface area contributed by atoms with Crippen molar-refractivity contribution in [3.05, 3.63) is 42.2 Å².